The van der Waals surface area contributed by atoms with Crippen molar-refractivity contribution in [3.63, 3.8) is 0 Å². The van der Waals surface area contributed by atoms with Crippen molar-refractivity contribution in [3.05, 3.63) is 52.8 Å². The van der Waals surface area contributed by atoms with Crippen LogP contribution < -0.4 is 5.73 Å². The molecule has 1 atom stereocenters. The van der Waals surface area contributed by atoms with Crippen LogP contribution in [0.1, 0.15) is 41.3 Å². The average molecular weight is 240 g/mol. The minimum atomic E-state index is 0.222. The molecule has 18 heavy (non-hydrogen) atoms. The molecule has 1 unspecified atom stereocenters. The second-order valence-electron chi connectivity index (χ2n) is 5.31. The Bertz CT molecular complexity index is 581. The van der Waals surface area contributed by atoms with Gasteiger partial charge in [0.05, 0.1) is 0 Å². The number of hydrogen-bond donors (Lipinski definition) is 1. The van der Waals surface area contributed by atoms with E-state index in [1.54, 1.807) is 0 Å². The predicted molar refractivity (Wildman–Crippen MR) is 75.1 cm³/mol. The zero-order chi connectivity index (χ0) is 12.7. The second kappa shape index (κ2) is 4.29. The maximum Gasteiger partial charge on any atom is 0.0484 e. The topological polar surface area (TPSA) is 30.9 Å². The van der Waals surface area contributed by atoms with Crippen molar-refractivity contribution < 1.29 is 0 Å². The summed E-state index contributed by atoms with van der Waals surface area (Å²) in [5.41, 5.74) is 12.9. The van der Waals surface area contributed by atoms with Crippen molar-refractivity contribution in [2.45, 2.75) is 39.2 Å². The Hall–Kier alpha value is -1.54. The van der Waals surface area contributed by atoms with Crippen LogP contribution >= 0.6 is 0 Å². The summed E-state index contributed by atoms with van der Waals surface area (Å²) in [5, 5.41) is 0. The molecule has 0 saturated heterocycles. The second-order valence-corrected chi connectivity index (χ2v) is 5.31. The molecule has 0 radical (unpaired) electrons. The lowest BCUT2D eigenvalue weighted by Crippen LogP contribution is -2.18. The largest absolute Gasteiger partial charge is 0.324 e. The lowest BCUT2D eigenvalue weighted by molar-refractivity contribution is 0.560. The zero-order valence-electron chi connectivity index (χ0n) is 11.1. The van der Waals surface area contributed by atoms with Gasteiger partial charge in [0.2, 0.25) is 0 Å². The first-order valence-electron chi connectivity index (χ1n) is 6.71. The molecule has 0 fully saturated rings. The van der Waals surface area contributed by atoms with Gasteiger partial charge in [0.15, 0.2) is 0 Å². The molecule has 1 heterocycles. The molecule has 1 aliphatic rings. The van der Waals surface area contributed by atoms with Gasteiger partial charge in [-0.05, 0) is 61.9 Å². The molecule has 1 aromatic heterocycles. The number of nitrogens with two attached hydrogens (primary N) is 1. The van der Waals surface area contributed by atoms with Crippen molar-refractivity contribution in [3.8, 4) is 5.69 Å². The average Bonchev–Trinajstić information content (AvgIpc) is 2.78. The van der Waals surface area contributed by atoms with Crippen LogP contribution in [0.3, 0.4) is 0 Å². The molecule has 2 N–H and O–H groups in total. The number of aryl methyl sites for hydroxylation is 1. The van der Waals surface area contributed by atoms with Gasteiger partial charge in [-0.25, -0.2) is 0 Å². The van der Waals surface area contributed by atoms with Gasteiger partial charge in [-0.1, -0.05) is 12.1 Å². The molecule has 3 rings (SSSR count). The van der Waals surface area contributed by atoms with E-state index in [0.717, 1.165) is 12.8 Å². The summed E-state index contributed by atoms with van der Waals surface area (Å²) in [5.74, 6) is 0. The molecule has 0 spiro atoms. The monoisotopic (exact) mass is 240 g/mol. The molecule has 2 nitrogen and oxygen atoms in total. The maximum atomic E-state index is 6.19. The van der Waals surface area contributed by atoms with E-state index in [-0.39, 0.29) is 6.04 Å². The fourth-order valence-electron chi connectivity index (χ4n) is 2.95. The molecule has 0 amide bonds. The summed E-state index contributed by atoms with van der Waals surface area (Å²) in [7, 11) is 0. The first kappa shape index (κ1) is 11.5. The Labute approximate surface area is 108 Å². The van der Waals surface area contributed by atoms with Crippen LogP contribution in [-0.4, -0.2) is 4.57 Å². The molecule has 0 aliphatic heterocycles. The van der Waals surface area contributed by atoms with E-state index in [9.17, 15) is 0 Å². The van der Waals surface area contributed by atoms with Crippen LogP contribution in [0, 0.1) is 13.8 Å². The highest BCUT2D eigenvalue weighted by Gasteiger charge is 2.21. The number of benzene rings is 1. The summed E-state index contributed by atoms with van der Waals surface area (Å²) in [4.78, 5) is 0. The molecular formula is C16H20N2. The molecule has 1 aliphatic carbocycles. The Balaban J connectivity index is 2.16. The third kappa shape index (κ3) is 1.68. The highest BCUT2D eigenvalue weighted by Crippen LogP contribution is 2.31. The lowest BCUT2D eigenvalue weighted by Gasteiger charge is -2.22. The molecule has 1 aromatic carbocycles. The van der Waals surface area contributed by atoms with Crippen molar-refractivity contribution in [2.75, 3.05) is 0 Å². The van der Waals surface area contributed by atoms with Gasteiger partial charge in [0.1, 0.15) is 0 Å². The van der Waals surface area contributed by atoms with Gasteiger partial charge in [-0.15, -0.1) is 0 Å². The van der Waals surface area contributed by atoms with E-state index in [2.05, 4.69) is 48.9 Å². The Morgan fingerprint density at radius 2 is 2.06 bits per heavy atom. The van der Waals surface area contributed by atoms with Crippen molar-refractivity contribution in [1.82, 2.24) is 4.57 Å². The molecule has 0 bridgehead atoms. The molecule has 94 valence electrons. The van der Waals surface area contributed by atoms with E-state index >= 15 is 0 Å². The third-order valence-electron chi connectivity index (χ3n) is 4.19. The van der Waals surface area contributed by atoms with Crippen LogP contribution in [0.15, 0.2) is 30.5 Å². The number of aromatic nitrogens is 1. The first-order valence-corrected chi connectivity index (χ1v) is 6.71. The summed E-state index contributed by atoms with van der Waals surface area (Å²) >= 11 is 0. The smallest absolute Gasteiger partial charge is 0.0484 e. The van der Waals surface area contributed by atoms with Gasteiger partial charge in [0.25, 0.3) is 0 Å². The van der Waals surface area contributed by atoms with Crippen molar-refractivity contribution in [1.29, 1.82) is 0 Å². The quantitative estimate of drug-likeness (QED) is 0.813. The van der Waals surface area contributed by atoms with E-state index in [0.29, 0.717) is 0 Å². The normalized spacial score (nSPS) is 18.7. The van der Waals surface area contributed by atoms with E-state index < -0.39 is 0 Å². The van der Waals surface area contributed by atoms with Gasteiger partial charge in [-0.2, -0.15) is 0 Å². The Kier molecular flexibility index (Phi) is 2.75. The summed E-state index contributed by atoms with van der Waals surface area (Å²) in [6, 6.07) is 8.91. The van der Waals surface area contributed by atoms with Gasteiger partial charge >= 0.3 is 0 Å². The summed E-state index contributed by atoms with van der Waals surface area (Å²) < 4.78 is 2.33. The SMILES string of the molecule is Cc1cccc(-n2ccc3c2CCCC3N)c1C. The summed E-state index contributed by atoms with van der Waals surface area (Å²) in [6.07, 6.45) is 5.63. The fraction of sp³-hybridized carbons (Fsp3) is 0.375. The predicted octanol–water partition coefficient (Wildman–Crippen LogP) is 3.43. The van der Waals surface area contributed by atoms with Gasteiger partial charge < -0.3 is 10.3 Å². The van der Waals surface area contributed by atoms with Crippen molar-refractivity contribution in [2.24, 2.45) is 5.73 Å². The van der Waals surface area contributed by atoms with Crippen LogP contribution in [0.5, 0.6) is 0 Å². The van der Waals surface area contributed by atoms with Crippen molar-refractivity contribution >= 4 is 0 Å². The van der Waals surface area contributed by atoms with E-state index in [1.165, 1.54) is 34.5 Å². The molecular weight excluding hydrogens is 220 g/mol. The maximum absolute atomic E-state index is 6.19. The standard InChI is InChI=1S/C16H20N2/c1-11-5-3-7-15(12(11)2)18-10-9-13-14(17)6-4-8-16(13)18/h3,5,7,9-10,14H,4,6,8,17H2,1-2H3. The molecule has 0 saturated carbocycles. The Morgan fingerprint density at radius 3 is 2.89 bits per heavy atom. The molecule has 2 heteroatoms. The fourth-order valence-corrected chi connectivity index (χ4v) is 2.95. The number of rotatable bonds is 1. The highest BCUT2D eigenvalue weighted by atomic mass is 15.0. The van der Waals surface area contributed by atoms with Gasteiger partial charge in [0, 0.05) is 23.6 Å². The molecule has 2 aromatic rings. The lowest BCUT2D eigenvalue weighted by atomic mass is 9.93. The number of hydrogen-bond acceptors (Lipinski definition) is 1. The van der Waals surface area contributed by atoms with Gasteiger partial charge in [-0.3, -0.25) is 0 Å². The highest BCUT2D eigenvalue weighted by molar-refractivity contribution is 5.48. The third-order valence-corrected chi connectivity index (χ3v) is 4.19. The zero-order valence-corrected chi connectivity index (χ0v) is 11.1. The van der Waals surface area contributed by atoms with Crippen LogP contribution in [0.2, 0.25) is 0 Å². The van der Waals surface area contributed by atoms with E-state index in [4.69, 9.17) is 5.73 Å². The van der Waals surface area contributed by atoms with Crippen LogP contribution in [0.25, 0.3) is 5.69 Å². The Morgan fingerprint density at radius 1 is 1.22 bits per heavy atom. The minimum Gasteiger partial charge on any atom is -0.324 e. The van der Waals surface area contributed by atoms with E-state index in [1.807, 2.05) is 0 Å². The summed E-state index contributed by atoms with van der Waals surface area (Å²) in [6.45, 7) is 4.36. The minimum absolute atomic E-state index is 0.222. The number of nitrogens with zero attached hydrogens (tertiary/aromatic N) is 1. The van der Waals surface area contributed by atoms with Crippen LogP contribution in [-0.2, 0) is 6.42 Å². The number of fused-ring (bicyclic) bond motifs is 1. The van der Waals surface area contributed by atoms with Crippen LogP contribution in [0.4, 0.5) is 0 Å². The first-order chi connectivity index (χ1) is 8.68.